The lowest BCUT2D eigenvalue weighted by Crippen LogP contribution is -2.34. The predicted molar refractivity (Wildman–Crippen MR) is 134 cm³/mol. The zero-order valence-corrected chi connectivity index (χ0v) is 20.9. The molecule has 1 atom stereocenters. The van der Waals surface area contributed by atoms with E-state index in [1.165, 1.54) is 62.5 Å². The number of anilines is 1. The highest BCUT2D eigenvalue weighted by Crippen LogP contribution is 2.34. The van der Waals surface area contributed by atoms with Crippen LogP contribution in [0.4, 0.5) is 10.1 Å². The van der Waals surface area contributed by atoms with Crippen molar-refractivity contribution in [1.82, 2.24) is 14.9 Å². The second-order valence-corrected chi connectivity index (χ2v) is 8.13. The minimum atomic E-state index is -1.01. The Morgan fingerprint density at radius 1 is 1.24 bits per heavy atom. The van der Waals surface area contributed by atoms with Gasteiger partial charge in [0.05, 0.1) is 41.8 Å². The van der Waals surface area contributed by atoms with Gasteiger partial charge in [0.1, 0.15) is 23.3 Å². The van der Waals surface area contributed by atoms with E-state index >= 15 is 0 Å². The van der Waals surface area contributed by atoms with Gasteiger partial charge in [-0.05, 0) is 24.3 Å². The van der Waals surface area contributed by atoms with Gasteiger partial charge in [-0.1, -0.05) is 11.6 Å². The van der Waals surface area contributed by atoms with Crippen LogP contribution in [0.1, 0.15) is 28.5 Å². The first-order valence-electron chi connectivity index (χ1n) is 10.9. The summed E-state index contributed by atoms with van der Waals surface area (Å²) in [7, 11) is 4.29. The minimum absolute atomic E-state index is 0.0428. The number of ether oxygens (including phenoxy) is 2. The van der Waals surface area contributed by atoms with E-state index < -0.39 is 23.3 Å². The smallest absolute Gasteiger partial charge is 0.269 e. The Hall–Kier alpha value is -4.27. The van der Waals surface area contributed by atoms with Crippen LogP contribution in [-0.4, -0.2) is 49.2 Å². The normalized spacial score (nSPS) is 11.4. The van der Waals surface area contributed by atoms with Crippen molar-refractivity contribution < 1.29 is 23.5 Å². The average Bonchev–Trinajstić information content (AvgIpc) is 2.90. The first-order chi connectivity index (χ1) is 17.7. The largest absolute Gasteiger partial charge is 0.495 e. The van der Waals surface area contributed by atoms with Crippen LogP contribution >= 0.6 is 11.6 Å². The molecule has 0 fully saturated rings. The highest BCUT2D eigenvalue weighted by Gasteiger charge is 2.24. The molecule has 10 nitrogen and oxygen atoms in total. The average molecular weight is 528 g/mol. The second-order valence-electron chi connectivity index (χ2n) is 7.72. The van der Waals surface area contributed by atoms with Crippen molar-refractivity contribution in [3.8, 4) is 22.9 Å². The van der Waals surface area contributed by atoms with Gasteiger partial charge in [-0.15, -0.1) is 0 Å². The maximum Gasteiger partial charge on any atom is 0.269 e. The zero-order chi connectivity index (χ0) is 27.1. The van der Waals surface area contributed by atoms with Crippen molar-refractivity contribution in [2.75, 3.05) is 33.2 Å². The predicted octanol–water partition coefficient (Wildman–Crippen LogP) is 3.16. The summed E-state index contributed by atoms with van der Waals surface area (Å²) in [5.41, 5.74) is 0.280. The number of hydrogen-bond donors (Lipinski definition) is 2. The molecule has 0 bridgehead atoms. The van der Waals surface area contributed by atoms with Crippen molar-refractivity contribution in [3.05, 3.63) is 75.2 Å². The molecule has 1 aromatic carbocycles. The molecule has 2 heterocycles. The van der Waals surface area contributed by atoms with E-state index in [2.05, 4.69) is 15.6 Å². The fraction of sp³-hybridized carbons (Fsp3) is 0.240. The van der Waals surface area contributed by atoms with Gasteiger partial charge < -0.3 is 20.1 Å². The van der Waals surface area contributed by atoms with E-state index in [-0.39, 0.29) is 52.1 Å². The number of benzene rings is 1. The minimum Gasteiger partial charge on any atom is -0.495 e. The SMILES string of the molecule is CNC(=O)c1ccc(NC(=O)C(CCOC)n2cc(OC)c(-c3cc(Cl)c(F)cc3C#N)cc2=O)cn1. The molecule has 0 aliphatic rings. The highest BCUT2D eigenvalue weighted by molar-refractivity contribution is 6.31. The molecule has 2 aromatic heterocycles. The van der Waals surface area contributed by atoms with Crippen molar-refractivity contribution in [1.29, 1.82) is 5.26 Å². The molecule has 0 aliphatic carbocycles. The van der Waals surface area contributed by atoms with E-state index in [4.69, 9.17) is 21.1 Å². The Balaban J connectivity index is 2.02. The molecule has 12 heteroatoms. The maximum absolute atomic E-state index is 13.9. The molecule has 0 spiro atoms. The Kier molecular flexibility index (Phi) is 8.95. The van der Waals surface area contributed by atoms with E-state index in [1.807, 2.05) is 6.07 Å². The lowest BCUT2D eigenvalue weighted by Gasteiger charge is -2.21. The third-order valence-corrected chi connectivity index (χ3v) is 5.75. The third kappa shape index (κ3) is 6.11. The first kappa shape index (κ1) is 27.3. The zero-order valence-electron chi connectivity index (χ0n) is 20.2. The summed E-state index contributed by atoms with van der Waals surface area (Å²) >= 11 is 5.92. The Morgan fingerprint density at radius 3 is 2.59 bits per heavy atom. The molecular weight excluding hydrogens is 505 g/mol. The standard InChI is InChI=1S/C25H23ClFN5O5/c1-29-24(34)20-5-4-15(12-30-20)31-25(35)21(6-7-36-2)32-13-22(37-3)17(10-23(32)33)16-9-18(26)19(27)8-14(16)11-28/h4-5,8-10,12-13,21H,6-7H2,1-3H3,(H,29,34)(H,31,35). The van der Waals surface area contributed by atoms with Gasteiger partial charge in [0.15, 0.2) is 0 Å². The van der Waals surface area contributed by atoms with Crippen molar-refractivity contribution in [3.63, 3.8) is 0 Å². The van der Waals surface area contributed by atoms with Crippen LogP contribution in [0.25, 0.3) is 11.1 Å². The van der Waals surface area contributed by atoms with Gasteiger partial charge >= 0.3 is 0 Å². The number of carbonyl (C=O) groups excluding carboxylic acids is 2. The molecule has 37 heavy (non-hydrogen) atoms. The van der Waals surface area contributed by atoms with E-state index in [9.17, 15) is 24.0 Å². The lowest BCUT2D eigenvalue weighted by atomic mass is 10.00. The molecule has 0 saturated heterocycles. The van der Waals surface area contributed by atoms with E-state index in [1.54, 1.807) is 0 Å². The van der Waals surface area contributed by atoms with Gasteiger partial charge in [-0.2, -0.15) is 5.26 Å². The van der Waals surface area contributed by atoms with Gasteiger partial charge in [0.25, 0.3) is 11.5 Å². The number of nitrogens with one attached hydrogen (secondary N) is 2. The van der Waals surface area contributed by atoms with Crippen LogP contribution in [0.2, 0.25) is 5.02 Å². The molecule has 192 valence electrons. The van der Waals surface area contributed by atoms with Crippen LogP contribution in [0.5, 0.6) is 5.75 Å². The summed E-state index contributed by atoms with van der Waals surface area (Å²) in [6, 6.07) is 7.23. The number of nitrogens with zero attached hydrogens (tertiary/aromatic N) is 3. The summed E-state index contributed by atoms with van der Waals surface area (Å²) < 4.78 is 25.6. The molecule has 2 amide bonds. The number of methoxy groups -OCH3 is 2. The number of halogens is 2. The molecule has 3 aromatic rings. The van der Waals surface area contributed by atoms with Gasteiger partial charge in [-0.3, -0.25) is 19.0 Å². The van der Waals surface area contributed by atoms with Crippen LogP contribution in [0.15, 0.2) is 47.5 Å². The number of carbonyl (C=O) groups is 2. The number of pyridine rings is 2. The monoisotopic (exact) mass is 527 g/mol. The van der Waals surface area contributed by atoms with Crippen molar-refractivity contribution in [2.24, 2.45) is 0 Å². The summed E-state index contributed by atoms with van der Waals surface area (Å²) in [5.74, 6) is -1.53. The number of nitriles is 1. The van der Waals surface area contributed by atoms with Crippen LogP contribution < -0.4 is 20.9 Å². The van der Waals surface area contributed by atoms with E-state index in [0.717, 1.165) is 6.07 Å². The summed E-state index contributed by atoms with van der Waals surface area (Å²) in [5, 5.41) is 14.4. The number of aromatic nitrogens is 2. The highest BCUT2D eigenvalue weighted by atomic mass is 35.5. The van der Waals surface area contributed by atoms with Gasteiger partial charge in [0.2, 0.25) is 5.91 Å². The third-order valence-electron chi connectivity index (χ3n) is 5.46. The molecular formula is C25H23ClFN5O5. The van der Waals surface area contributed by atoms with Crippen LogP contribution in [0.3, 0.4) is 0 Å². The van der Waals surface area contributed by atoms with Crippen LogP contribution in [0, 0.1) is 17.1 Å². The molecule has 2 N–H and O–H groups in total. The molecule has 3 rings (SSSR count). The summed E-state index contributed by atoms with van der Waals surface area (Å²) in [4.78, 5) is 42.1. The van der Waals surface area contributed by atoms with Crippen molar-refractivity contribution in [2.45, 2.75) is 12.5 Å². The second kappa shape index (κ2) is 12.1. The number of amides is 2. The summed E-state index contributed by atoms with van der Waals surface area (Å²) in [6.45, 7) is 0.161. The fourth-order valence-electron chi connectivity index (χ4n) is 3.59. The Bertz CT molecular complexity index is 1420. The van der Waals surface area contributed by atoms with Crippen molar-refractivity contribution >= 4 is 29.1 Å². The molecule has 0 aliphatic heterocycles. The summed E-state index contributed by atoms with van der Waals surface area (Å²) in [6.07, 6.45) is 2.80. The topological polar surface area (TPSA) is 135 Å². The van der Waals surface area contributed by atoms with Gasteiger partial charge in [-0.25, -0.2) is 9.37 Å². The molecule has 1 unspecified atom stereocenters. The van der Waals surface area contributed by atoms with Crippen LogP contribution in [-0.2, 0) is 9.53 Å². The molecule has 0 saturated carbocycles. The van der Waals surface area contributed by atoms with E-state index in [0.29, 0.717) is 5.69 Å². The number of rotatable bonds is 9. The Morgan fingerprint density at radius 2 is 2.00 bits per heavy atom. The molecule has 0 radical (unpaired) electrons. The number of hydrogen-bond acceptors (Lipinski definition) is 7. The maximum atomic E-state index is 13.9. The van der Waals surface area contributed by atoms with Gasteiger partial charge in [0, 0.05) is 44.4 Å². The Labute approximate surface area is 216 Å². The fourth-order valence-corrected chi connectivity index (χ4v) is 3.75. The quantitative estimate of drug-likeness (QED) is 0.436. The lowest BCUT2D eigenvalue weighted by molar-refractivity contribution is -0.119. The first-order valence-corrected chi connectivity index (χ1v) is 11.3.